The highest BCUT2D eigenvalue weighted by atomic mass is 32.2. The van der Waals surface area contributed by atoms with Gasteiger partial charge in [0.25, 0.3) is 10.1 Å². The molecule has 206 valence electrons. The molecule has 2 rings (SSSR count). The molecule has 0 N–H and O–H groups in total. The fourth-order valence-corrected chi connectivity index (χ4v) is 3.70. The van der Waals surface area contributed by atoms with Gasteiger partial charge in [0, 0.05) is 0 Å². The number of aryl methyl sites for hydroxylation is 1. The zero-order valence-corrected chi connectivity index (χ0v) is 22.0. The summed E-state index contributed by atoms with van der Waals surface area (Å²) in [6, 6.07) is 15.3. The molecule has 0 bridgehead atoms. The Kier molecular flexibility index (Phi) is 15.7. The van der Waals surface area contributed by atoms with Crippen molar-refractivity contribution in [2.45, 2.75) is 11.8 Å². The van der Waals surface area contributed by atoms with E-state index in [2.05, 4.69) is 0 Å². The summed E-state index contributed by atoms with van der Waals surface area (Å²) in [6.07, 6.45) is 0. The van der Waals surface area contributed by atoms with Gasteiger partial charge in [0.15, 0.2) is 0 Å². The Hall–Kier alpha value is -2.38. The number of ether oxygens (including phenoxy) is 6. The molecule has 0 radical (unpaired) electrons. The van der Waals surface area contributed by atoms with E-state index < -0.39 is 10.1 Å². The van der Waals surface area contributed by atoms with Crippen molar-refractivity contribution in [1.82, 2.24) is 0 Å². The van der Waals surface area contributed by atoms with Gasteiger partial charge in [0.2, 0.25) is 0 Å². The highest BCUT2D eigenvalue weighted by molar-refractivity contribution is 7.86. The van der Waals surface area contributed by atoms with Crippen LogP contribution in [-0.2, 0) is 42.7 Å². The first kappa shape index (κ1) is 30.8. The van der Waals surface area contributed by atoms with Gasteiger partial charge in [0.1, 0.15) is 6.61 Å². The first-order valence-corrected chi connectivity index (χ1v) is 13.5. The van der Waals surface area contributed by atoms with Crippen molar-refractivity contribution in [3.8, 4) is 0 Å². The predicted molar refractivity (Wildman–Crippen MR) is 135 cm³/mol. The van der Waals surface area contributed by atoms with Crippen molar-refractivity contribution in [2.24, 2.45) is 0 Å². The maximum atomic E-state index is 12.0. The zero-order chi connectivity index (χ0) is 26.6. The summed E-state index contributed by atoms with van der Waals surface area (Å²) in [5.74, 6) is -0.370. The first-order valence-electron chi connectivity index (χ1n) is 12.1. The molecule has 11 heteroatoms. The standard InChI is InChI=1S/C26H36O10S/c1-23-7-9-25(10-8-23)37(28,29)36-22-20-34-18-16-32-14-12-30-11-13-31-15-17-33-19-21-35-26(27)24-5-3-2-4-6-24/h2-10H,11-22H2,1H3. The van der Waals surface area contributed by atoms with Gasteiger partial charge in [-0.05, 0) is 31.2 Å². The van der Waals surface area contributed by atoms with E-state index in [9.17, 15) is 13.2 Å². The van der Waals surface area contributed by atoms with Crippen molar-refractivity contribution in [1.29, 1.82) is 0 Å². The molecule has 0 heterocycles. The lowest BCUT2D eigenvalue weighted by atomic mass is 10.2. The Morgan fingerprint density at radius 3 is 1.51 bits per heavy atom. The Balaban J connectivity index is 1.29. The van der Waals surface area contributed by atoms with Crippen molar-refractivity contribution in [2.75, 3.05) is 79.3 Å². The average molecular weight is 541 g/mol. The number of hydrogen-bond acceptors (Lipinski definition) is 10. The van der Waals surface area contributed by atoms with Crippen molar-refractivity contribution < 1.29 is 45.8 Å². The van der Waals surface area contributed by atoms with Crippen LogP contribution in [0.3, 0.4) is 0 Å². The van der Waals surface area contributed by atoms with E-state index in [1.807, 2.05) is 13.0 Å². The van der Waals surface area contributed by atoms with Crippen LogP contribution < -0.4 is 0 Å². The van der Waals surface area contributed by atoms with Crippen molar-refractivity contribution >= 4 is 16.1 Å². The monoisotopic (exact) mass is 540 g/mol. The highest BCUT2D eigenvalue weighted by Gasteiger charge is 2.14. The summed E-state index contributed by atoms with van der Waals surface area (Å²) in [5, 5.41) is 0. The van der Waals surface area contributed by atoms with Crippen LogP contribution >= 0.6 is 0 Å². The Morgan fingerprint density at radius 1 is 0.595 bits per heavy atom. The van der Waals surface area contributed by atoms with Gasteiger partial charge in [-0.2, -0.15) is 8.42 Å². The number of carbonyl (C=O) groups excluding carboxylic acids is 1. The van der Waals surface area contributed by atoms with Gasteiger partial charge < -0.3 is 28.4 Å². The molecule has 0 saturated carbocycles. The van der Waals surface area contributed by atoms with E-state index >= 15 is 0 Å². The molecule has 2 aromatic rings. The number of rotatable bonds is 21. The van der Waals surface area contributed by atoms with Crippen molar-refractivity contribution in [3.05, 3.63) is 65.7 Å². The Bertz CT molecular complexity index is 965. The molecule has 0 fully saturated rings. The molecule has 37 heavy (non-hydrogen) atoms. The maximum absolute atomic E-state index is 12.0. The van der Waals surface area contributed by atoms with Gasteiger partial charge in [-0.25, -0.2) is 4.79 Å². The van der Waals surface area contributed by atoms with Crippen molar-refractivity contribution in [3.63, 3.8) is 0 Å². The lowest BCUT2D eigenvalue weighted by molar-refractivity contribution is -0.0162. The van der Waals surface area contributed by atoms with E-state index in [-0.39, 0.29) is 30.7 Å². The zero-order valence-electron chi connectivity index (χ0n) is 21.2. The van der Waals surface area contributed by atoms with Crippen LogP contribution in [0, 0.1) is 6.92 Å². The number of benzene rings is 2. The summed E-state index contributed by atoms with van der Waals surface area (Å²) in [4.78, 5) is 11.9. The predicted octanol–water partition coefficient (Wildman–Crippen LogP) is 2.64. The molecule has 0 atom stereocenters. The molecule has 0 aliphatic carbocycles. The molecule has 10 nitrogen and oxygen atoms in total. The molecule has 0 aliphatic rings. The van der Waals surface area contributed by atoms with E-state index in [0.717, 1.165) is 5.56 Å². The van der Waals surface area contributed by atoms with Crippen LogP contribution in [0.25, 0.3) is 0 Å². The maximum Gasteiger partial charge on any atom is 0.338 e. The number of esters is 1. The van der Waals surface area contributed by atoms with E-state index in [4.69, 9.17) is 32.6 Å². The highest BCUT2D eigenvalue weighted by Crippen LogP contribution is 2.12. The van der Waals surface area contributed by atoms with E-state index in [1.54, 1.807) is 36.4 Å². The van der Waals surface area contributed by atoms with Gasteiger partial charge in [-0.3, -0.25) is 4.18 Å². The van der Waals surface area contributed by atoms with Crippen LogP contribution in [-0.4, -0.2) is 93.7 Å². The van der Waals surface area contributed by atoms with Crippen LogP contribution in [0.1, 0.15) is 15.9 Å². The van der Waals surface area contributed by atoms with Gasteiger partial charge in [-0.1, -0.05) is 35.9 Å². The fourth-order valence-electron chi connectivity index (χ4n) is 2.81. The van der Waals surface area contributed by atoms with E-state index in [1.165, 1.54) is 12.1 Å². The lowest BCUT2D eigenvalue weighted by Crippen LogP contribution is -2.15. The second kappa shape index (κ2) is 18.8. The summed E-state index contributed by atoms with van der Waals surface area (Å²) in [5.41, 5.74) is 1.49. The normalized spacial score (nSPS) is 11.5. The van der Waals surface area contributed by atoms with Crippen LogP contribution in [0.5, 0.6) is 0 Å². The lowest BCUT2D eigenvalue weighted by Gasteiger charge is -2.09. The summed E-state index contributed by atoms with van der Waals surface area (Å²) < 4.78 is 61.0. The molecule has 0 unspecified atom stereocenters. The molecule has 2 aromatic carbocycles. The number of carbonyl (C=O) groups is 1. The third-order valence-electron chi connectivity index (χ3n) is 4.73. The van der Waals surface area contributed by atoms with Gasteiger partial charge in [-0.15, -0.1) is 0 Å². The number of hydrogen-bond donors (Lipinski definition) is 0. The summed E-state index contributed by atoms with van der Waals surface area (Å²) in [6.45, 7) is 5.65. The second-order valence-electron chi connectivity index (χ2n) is 7.65. The molecule has 0 amide bonds. The summed E-state index contributed by atoms with van der Waals surface area (Å²) >= 11 is 0. The smallest absolute Gasteiger partial charge is 0.338 e. The average Bonchev–Trinajstić information content (AvgIpc) is 2.90. The largest absolute Gasteiger partial charge is 0.460 e. The SMILES string of the molecule is Cc1ccc(S(=O)(=O)OCCOCCOCCOCCOCCOCCOC(=O)c2ccccc2)cc1. The fraction of sp³-hybridized carbons (Fsp3) is 0.500. The quantitative estimate of drug-likeness (QED) is 0.133. The summed E-state index contributed by atoms with van der Waals surface area (Å²) in [7, 11) is -3.77. The molecular formula is C26H36O10S. The van der Waals surface area contributed by atoms with Crippen LogP contribution in [0.4, 0.5) is 0 Å². The van der Waals surface area contributed by atoms with Gasteiger partial charge >= 0.3 is 5.97 Å². The minimum absolute atomic E-state index is 0.0634. The topological polar surface area (TPSA) is 116 Å². The first-order chi connectivity index (χ1) is 18.0. The minimum atomic E-state index is -3.77. The minimum Gasteiger partial charge on any atom is -0.460 e. The molecule has 0 aromatic heterocycles. The van der Waals surface area contributed by atoms with Gasteiger partial charge in [0.05, 0.1) is 83.1 Å². The Morgan fingerprint density at radius 2 is 1.03 bits per heavy atom. The third-order valence-corrected chi connectivity index (χ3v) is 6.06. The molecular weight excluding hydrogens is 504 g/mol. The van der Waals surface area contributed by atoms with Crippen LogP contribution in [0.15, 0.2) is 59.5 Å². The second-order valence-corrected chi connectivity index (χ2v) is 9.27. The van der Waals surface area contributed by atoms with E-state index in [0.29, 0.717) is 65.0 Å². The Labute approximate surface area is 218 Å². The third kappa shape index (κ3) is 14.2. The molecule has 0 spiro atoms. The molecule has 0 saturated heterocycles. The molecule has 0 aliphatic heterocycles. The van der Waals surface area contributed by atoms with Crippen LogP contribution in [0.2, 0.25) is 0 Å².